The highest BCUT2D eigenvalue weighted by Crippen LogP contribution is 2.04. The maximum Gasteiger partial charge on any atom is 0.220 e. The molecule has 1 atom stereocenters. The molecule has 0 rings (SSSR count). The molecule has 0 aromatic heterocycles. The van der Waals surface area contributed by atoms with Crippen molar-refractivity contribution in [1.82, 2.24) is 5.32 Å². The maximum absolute atomic E-state index is 11.6. The Balaban J connectivity index is 4.15. The van der Waals surface area contributed by atoms with E-state index in [2.05, 4.69) is 17.8 Å². The smallest absolute Gasteiger partial charge is 0.220 e. The van der Waals surface area contributed by atoms with Crippen molar-refractivity contribution >= 4 is 5.91 Å². The number of amides is 1. The normalized spacial score (nSPS) is 13.1. The monoisotopic (exact) mass is 231 g/mol. The minimum absolute atomic E-state index is 0.0124. The molecule has 0 fully saturated rings. The molecule has 1 unspecified atom stereocenters. The van der Waals surface area contributed by atoms with E-state index in [1.54, 1.807) is 6.08 Å². The molecule has 0 saturated heterocycles. The van der Waals surface area contributed by atoms with Gasteiger partial charge >= 0.3 is 0 Å². The number of hydrogen-bond acceptors (Lipinski definition) is 1. The molecule has 0 saturated carbocycles. The van der Waals surface area contributed by atoms with Gasteiger partial charge in [0.2, 0.25) is 5.91 Å². The highest BCUT2D eigenvalue weighted by Gasteiger charge is 2.06. The van der Waals surface area contributed by atoms with Gasteiger partial charge in [0, 0.05) is 18.0 Å². The van der Waals surface area contributed by atoms with Crippen molar-refractivity contribution in [2.24, 2.45) is 0 Å². The van der Waals surface area contributed by atoms with E-state index in [-0.39, 0.29) is 11.9 Å². The molecule has 1 amide bonds. The molecular weight excluding hydrogens is 210 g/mol. The summed E-state index contributed by atoms with van der Waals surface area (Å²) in [5.41, 5.74) is 0.838. The van der Waals surface area contributed by atoms with Crippen molar-refractivity contribution < 1.29 is 4.79 Å². The number of carbonyl (C=O) groups excluding carboxylic acids is 1. The molecule has 2 nitrogen and oxygen atoms in total. The van der Waals surface area contributed by atoms with Crippen LogP contribution < -0.4 is 5.32 Å². The van der Waals surface area contributed by atoms with E-state index in [4.69, 9.17) is 6.42 Å². The summed E-state index contributed by atoms with van der Waals surface area (Å²) in [5.74, 6) is 2.60. The SMILES string of the molecule is C#C/C(=C\C=C/C)CCC(=O)NC(C=C)CC. The first kappa shape index (κ1) is 15.2. The summed E-state index contributed by atoms with van der Waals surface area (Å²) in [6.07, 6.45) is 14.6. The number of allylic oxidation sites excluding steroid dienone is 4. The second-order valence-electron chi connectivity index (χ2n) is 3.68. The fourth-order valence-electron chi connectivity index (χ4n) is 1.27. The Labute approximate surface area is 104 Å². The van der Waals surface area contributed by atoms with Crippen LogP contribution >= 0.6 is 0 Å². The molecule has 2 heteroatoms. The molecule has 0 bridgehead atoms. The largest absolute Gasteiger partial charge is 0.350 e. The van der Waals surface area contributed by atoms with E-state index < -0.39 is 0 Å². The van der Waals surface area contributed by atoms with Gasteiger partial charge in [-0.2, -0.15) is 0 Å². The molecule has 0 aliphatic rings. The van der Waals surface area contributed by atoms with Gasteiger partial charge in [0.05, 0.1) is 0 Å². The summed E-state index contributed by atoms with van der Waals surface area (Å²) < 4.78 is 0. The van der Waals surface area contributed by atoms with Gasteiger partial charge in [-0.05, 0) is 19.8 Å². The van der Waals surface area contributed by atoms with Crippen LogP contribution in [0.15, 0.2) is 36.5 Å². The number of carbonyl (C=O) groups is 1. The lowest BCUT2D eigenvalue weighted by Gasteiger charge is -2.11. The Bertz CT molecular complexity index is 344. The molecule has 0 spiro atoms. The maximum atomic E-state index is 11.6. The van der Waals surface area contributed by atoms with Gasteiger partial charge in [0.15, 0.2) is 0 Å². The molecule has 0 aromatic carbocycles. The van der Waals surface area contributed by atoms with Crippen LogP contribution in [0.25, 0.3) is 0 Å². The second-order valence-corrected chi connectivity index (χ2v) is 3.68. The number of rotatable bonds is 7. The Morgan fingerprint density at radius 3 is 2.71 bits per heavy atom. The van der Waals surface area contributed by atoms with Crippen molar-refractivity contribution in [1.29, 1.82) is 0 Å². The first-order valence-corrected chi connectivity index (χ1v) is 5.88. The molecule has 1 N–H and O–H groups in total. The Morgan fingerprint density at radius 2 is 2.24 bits per heavy atom. The van der Waals surface area contributed by atoms with E-state index >= 15 is 0 Å². The van der Waals surface area contributed by atoms with Crippen molar-refractivity contribution in [3.8, 4) is 12.3 Å². The van der Waals surface area contributed by atoms with Gasteiger partial charge in [-0.3, -0.25) is 4.79 Å². The average Bonchev–Trinajstić information content (AvgIpc) is 2.36. The third kappa shape index (κ3) is 7.19. The van der Waals surface area contributed by atoms with Crippen molar-refractivity contribution in [3.05, 3.63) is 36.5 Å². The van der Waals surface area contributed by atoms with Crippen molar-refractivity contribution in [2.75, 3.05) is 0 Å². The molecule has 0 aliphatic carbocycles. The Kier molecular flexibility index (Phi) is 8.50. The van der Waals surface area contributed by atoms with Crippen LogP contribution in [0.1, 0.15) is 33.1 Å². The van der Waals surface area contributed by atoms with E-state index in [9.17, 15) is 4.79 Å². The number of nitrogens with one attached hydrogen (secondary N) is 1. The first-order chi connectivity index (χ1) is 8.17. The summed E-state index contributed by atoms with van der Waals surface area (Å²) in [6, 6.07) is 0.0521. The zero-order valence-electron chi connectivity index (χ0n) is 10.7. The highest BCUT2D eigenvalue weighted by atomic mass is 16.1. The van der Waals surface area contributed by atoms with Crippen LogP contribution in [0.5, 0.6) is 0 Å². The Hall–Kier alpha value is -1.75. The molecule has 92 valence electrons. The quantitative estimate of drug-likeness (QED) is 0.407. The molecule has 0 aliphatic heterocycles. The third-order valence-electron chi connectivity index (χ3n) is 2.37. The van der Waals surface area contributed by atoms with Crippen LogP contribution in [-0.2, 0) is 4.79 Å². The topological polar surface area (TPSA) is 29.1 Å². The zero-order valence-corrected chi connectivity index (χ0v) is 10.7. The minimum Gasteiger partial charge on any atom is -0.350 e. The standard InChI is InChI=1S/C15H21NO/c1-5-9-10-13(6-2)11-12-15(17)16-14(7-3)8-4/h2,5,7,9-10,14H,3,8,11-12H2,1,4H3,(H,16,17)/b9-5-,13-10+. The van der Waals surface area contributed by atoms with Gasteiger partial charge in [-0.25, -0.2) is 0 Å². The first-order valence-electron chi connectivity index (χ1n) is 5.88. The minimum atomic E-state index is 0.0124. The van der Waals surface area contributed by atoms with Gasteiger partial charge in [0.25, 0.3) is 0 Å². The van der Waals surface area contributed by atoms with E-state index in [0.29, 0.717) is 12.8 Å². The molecule has 17 heavy (non-hydrogen) atoms. The zero-order chi connectivity index (χ0) is 13.1. The Morgan fingerprint density at radius 1 is 1.53 bits per heavy atom. The number of terminal acetylenes is 1. The number of hydrogen-bond donors (Lipinski definition) is 1. The van der Waals surface area contributed by atoms with E-state index in [1.165, 1.54) is 0 Å². The lowest BCUT2D eigenvalue weighted by atomic mass is 10.1. The van der Waals surface area contributed by atoms with Crippen molar-refractivity contribution in [3.63, 3.8) is 0 Å². The second kappa shape index (κ2) is 9.47. The van der Waals surface area contributed by atoms with Crippen LogP contribution in [0.4, 0.5) is 0 Å². The lowest BCUT2D eigenvalue weighted by Crippen LogP contribution is -2.32. The summed E-state index contributed by atoms with van der Waals surface area (Å²) in [7, 11) is 0. The van der Waals surface area contributed by atoms with E-state index in [1.807, 2.05) is 32.1 Å². The van der Waals surface area contributed by atoms with E-state index in [0.717, 1.165) is 12.0 Å². The molecule has 0 heterocycles. The van der Waals surface area contributed by atoms with Gasteiger partial charge in [-0.1, -0.05) is 37.1 Å². The van der Waals surface area contributed by atoms with Gasteiger partial charge in [-0.15, -0.1) is 13.0 Å². The summed E-state index contributed by atoms with van der Waals surface area (Å²) in [6.45, 7) is 7.60. The lowest BCUT2D eigenvalue weighted by molar-refractivity contribution is -0.121. The van der Waals surface area contributed by atoms with Gasteiger partial charge in [0.1, 0.15) is 0 Å². The van der Waals surface area contributed by atoms with Crippen LogP contribution in [0, 0.1) is 12.3 Å². The molecular formula is C15H21NO. The summed E-state index contributed by atoms with van der Waals surface area (Å²) >= 11 is 0. The molecule has 0 radical (unpaired) electrons. The van der Waals surface area contributed by atoms with Crippen LogP contribution in [0.2, 0.25) is 0 Å². The summed E-state index contributed by atoms with van der Waals surface area (Å²) in [5, 5.41) is 2.88. The van der Waals surface area contributed by atoms with Crippen LogP contribution in [0.3, 0.4) is 0 Å². The summed E-state index contributed by atoms with van der Waals surface area (Å²) in [4.78, 5) is 11.6. The van der Waals surface area contributed by atoms with Crippen LogP contribution in [-0.4, -0.2) is 11.9 Å². The highest BCUT2D eigenvalue weighted by molar-refractivity contribution is 5.76. The van der Waals surface area contributed by atoms with Gasteiger partial charge < -0.3 is 5.32 Å². The van der Waals surface area contributed by atoms with Crippen molar-refractivity contribution in [2.45, 2.75) is 39.2 Å². The fraction of sp³-hybridized carbons (Fsp3) is 0.400. The molecule has 0 aromatic rings. The fourth-order valence-corrected chi connectivity index (χ4v) is 1.27. The predicted octanol–water partition coefficient (Wildman–Crippen LogP) is 2.98. The predicted molar refractivity (Wildman–Crippen MR) is 73.4 cm³/mol. The average molecular weight is 231 g/mol. The third-order valence-corrected chi connectivity index (χ3v) is 2.37.